The number of likely N-dealkylation sites (N-methyl/N-ethyl adjacent to an activating group) is 1. The minimum absolute atomic E-state index is 0.0552. The van der Waals surface area contributed by atoms with Gasteiger partial charge in [-0.05, 0) is 18.2 Å². The van der Waals surface area contributed by atoms with Crippen molar-refractivity contribution in [1.82, 2.24) is 10.3 Å². The first kappa shape index (κ1) is 11.3. The summed E-state index contributed by atoms with van der Waals surface area (Å²) in [4.78, 5) is 15.4. The van der Waals surface area contributed by atoms with E-state index in [1.165, 1.54) is 11.3 Å². The molecule has 16 heavy (non-hydrogen) atoms. The van der Waals surface area contributed by atoms with E-state index in [9.17, 15) is 4.79 Å². The highest BCUT2D eigenvalue weighted by Gasteiger charge is 2.05. The molecule has 0 spiro atoms. The molecule has 2 N–H and O–H groups in total. The number of halogens is 1. The van der Waals surface area contributed by atoms with Crippen LogP contribution in [0.25, 0.3) is 10.2 Å². The van der Waals surface area contributed by atoms with Crippen LogP contribution in [0.2, 0.25) is 0 Å². The fourth-order valence-corrected chi connectivity index (χ4v) is 2.41. The Labute approximate surface area is 105 Å². The highest BCUT2D eigenvalue weighted by atomic mass is 79.9. The van der Waals surface area contributed by atoms with Gasteiger partial charge < -0.3 is 10.6 Å². The van der Waals surface area contributed by atoms with Crippen LogP contribution in [-0.4, -0.2) is 24.5 Å². The molecule has 1 amide bonds. The summed E-state index contributed by atoms with van der Waals surface area (Å²) >= 11 is 4.93. The molecular formula is C10H10BrN3OS. The van der Waals surface area contributed by atoms with Crippen molar-refractivity contribution in [2.45, 2.75) is 0 Å². The maximum Gasteiger partial charge on any atom is 0.239 e. The number of hydrogen-bond acceptors (Lipinski definition) is 4. The highest BCUT2D eigenvalue weighted by molar-refractivity contribution is 9.10. The van der Waals surface area contributed by atoms with Gasteiger partial charge in [0.05, 0.1) is 16.8 Å². The minimum Gasteiger partial charge on any atom is -0.358 e. The number of aromatic nitrogens is 1. The van der Waals surface area contributed by atoms with E-state index in [1.54, 1.807) is 7.05 Å². The predicted molar refractivity (Wildman–Crippen MR) is 69.9 cm³/mol. The van der Waals surface area contributed by atoms with Crippen molar-refractivity contribution in [2.75, 3.05) is 18.9 Å². The lowest BCUT2D eigenvalue weighted by atomic mass is 10.3. The number of hydrogen-bond donors (Lipinski definition) is 2. The molecule has 2 rings (SSSR count). The second kappa shape index (κ2) is 4.80. The number of amides is 1. The molecule has 0 bridgehead atoms. The Morgan fingerprint density at radius 3 is 3.12 bits per heavy atom. The van der Waals surface area contributed by atoms with Crippen LogP contribution in [-0.2, 0) is 4.79 Å². The Morgan fingerprint density at radius 2 is 2.38 bits per heavy atom. The number of fused-ring (bicyclic) bond motifs is 1. The molecular weight excluding hydrogens is 290 g/mol. The van der Waals surface area contributed by atoms with Crippen molar-refractivity contribution in [3.05, 3.63) is 22.7 Å². The fraction of sp³-hybridized carbons (Fsp3) is 0.200. The van der Waals surface area contributed by atoms with E-state index in [0.29, 0.717) is 0 Å². The SMILES string of the molecule is CNC(=O)CNc1nc2cc(Br)ccc2s1. The fourth-order valence-electron chi connectivity index (χ4n) is 1.22. The van der Waals surface area contributed by atoms with Gasteiger partial charge in [-0.15, -0.1) is 0 Å². The molecule has 0 atom stereocenters. The van der Waals surface area contributed by atoms with Crippen LogP contribution >= 0.6 is 27.3 Å². The summed E-state index contributed by atoms with van der Waals surface area (Å²) in [6.45, 7) is 0.248. The average Bonchev–Trinajstić information content (AvgIpc) is 2.67. The van der Waals surface area contributed by atoms with Crippen molar-refractivity contribution in [2.24, 2.45) is 0 Å². The number of rotatable bonds is 3. The van der Waals surface area contributed by atoms with E-state index in [1.807, 2.05) is 18.2 Å². The Morgan fingerprint density at radius 1 is 1.56 bits per heavy atom. The van der Waals surface area contributed by atoms with Crippen molar-refractivity contribution >= 4 is 48.5 Å². The number of thiazole rings is 1. The zero-order chi connectivity index (χ0) is 11.5. The third kappa shape index (κ3) is 2.51. The van der Waals surface area contributed by atoms with Crippen LogP contribution in [0.5, 0.6) is 0 Å². The molecule has 1 aromatic carbocycles. The largest absolute Gasteiger partial charge is 0.358 e. The lowest BCUT2D eigenvalue weighted by Gasteiger charge is -1.99. The summed E-state index contributed by atoms with van der Waals surface area (Å²) in [5, 5.41) is 6.29. The summed E-state index contributed by atoms with van der Waals surface area (Å²) < 4.78 is 2.10. The lowest BCUT2D eigenvalue weighted by molar-refractivity contribution is -0.118. The van der Waals surface area contributed by atoms with Crippen LogP contribution in [0, 0.1) is 0 Å². The lowest BCUT2D eigenvalue weighted by Crippen LogP contribution is -2.26. The second-order valence-corrected chi connectivity index (χ2v) is 5.10. The van der Waals surface area contributed by atoms with Crippen LogP contribution in [0.1, 0.15) is 0 Å². The summed E-state index contributed by atoms with van der Waals surface area (Å²) in [6.07, 6.45) is 0. The Kier molecular flexibility index (Phi) is 3.40. The average molecular weight is 300 g/mol. The Hall–Kier alpha value is -1.14. The zero-order valence-electron chi connectivity index (χ0n) is 8.58. The highest BCUT2D eigenvalue weighted by Crippen LogP contribution is 2.27. The van der Waals surface area contributed by atoms with E-state index in [2.05, 4.69) is 31.5 Å². The molecule has 0 unspecified atom stereocenters. The molecule has 0 aliphatic carbocycles. The molecule has 1 aromatic heterocycles. The maximum absolute atomic E-state index is 11.1. The third-order valence-electron chi connectivity index (χ3n) is 2.03. The zero-order valence-corrected chi connectivity index (χ0v) is 11.0. The van der Waals surface area contributed by atoms with Crippen LogP contribution < -0.4 is 10.6 Å². The molecule has 0 saturated carbocycles. The minimum atomic E-state index is -0.0552. The molecule has 0 fully saturated rings. The van der Waals surface area contributed by atoms with Crippen LogP contribution in [0.4, 0.5) is 5.13 Å². The quantitative estimate of drug-likeness (QED) is 0.914. The van der Waals surface area contributed by atoms with Gasteiger partial charge in [-0.2, -0.15) is 0 Å². The topological polar surface area (TPSA) is 54.0 Å². The number of nitrogens with one attached hydrogen (secondary N) is 2. The van der Waals surface area contributed by atoms with Gasteiger partial charge in [0.25, 0.3) is 0 Å². The molecule has 2 aromatic rings. The van der Waals surface area contributed by atoms with Gasteiger partial charge in [0.1, 0.15) is 0 Å². The number of benzene rings is 1. The third-order valence-corrected chi connectivity index (χ3v) is 3.52. The molecule has 84 valence electrons. The van der Waals surface area contributed by atoms with Gasteiger partial charge in [-0.25, -0.2) is 4.98 Å². The molecule has 4 nitrogen and oxygen atoms in total. The monoisotopic (exact) mass is 299 g/mol. The number of carbonyl (C=O) groups is 1. The van der Waals surface area contributed by atoms with Crippen LogP contribution in [0.15, 0.2) is 22.7 Å². The summed E-state index contributed by atoms with van der Waals surface area (Å²) in [5.41, 5.74) is 0.929. The first-order valence-corrected chi connectivity index (χ1v) is 6.30. The second-order valence-electron chi connectivity index (χ2n) is 3.16. The summed E-state index contributed by atoms with van der Waals surface area (Å²) in [6, 6.07) is 5.93. The predicted octanol–water partition coefficient (Wildman–Crippen LogP) is 2.22. The first-order valence-electron chi connectivity index (χ1n) is 4.69. The standard InChI is InChI=1S/C10H10BrN3OS/c1-12-9(15)5-13-10-14-7-4-6(11)2-3-8(7)16-10/h2-4H,5H2,1H3,(H,12,15)(H,13,14). The van der Waals surface area contributed by atoms with E-state index in [-0.39, 0.29) is 12.5 Å². The van der Waals surface area contributed by atoms with Crippen molar-refractivity contribution in [1.29, 1.82) is 0 Å². The summed E-state index contributed by atoms with van der Waals surface area (Å²) in [7, 11) is 1.61. The molecule has 0 aliphatic heterocycles. The maximum atomic E-state index is 11.1. The van der Waals surface area contributed by atoms with Gasteiger partial charge in [-0.1, -0.05) is 27.3 Å². The van der Waals surface area contributed by atoms with Gasteiger partial charge in [0.2, 0.25) is 5.91 Å². The molecule has 1 heterocycles. The van der Waals surface area contributed by atoms with E-state index >= 15 is 0 Å². The smallest absolute Gasteiger partial charge is 0.239 e. The molecule has 0 saturated heterocycles. The number of nitrogens with zero attached hydrogens (tertiary/aromatic N) is 1. The van der Waals surface area contributed by atoms with Gasteiger partial charge in [0, 0.05) is 11.5 Å². The van der Waals surface area contributed by atoms with Gasteiger partial charge >= 0.3 is 0 Å². The van der Waals surface area contributed by atoms with Crippen molar-refractivity contribution in [3.63, 3.8) is 0 Å². The Bertz CT molecular complexity index is 526. The number of carbonyl (C=O) groups excluding carboxylic acids is 1. The van der Waals surface area contributed by atoms with Crippen LogP contribution in [0.3, 0.4) is 0 Å². The molecule has 0 aliphatic rings. The number of anilines is 1. The van der Waals surface area contributed by atoms with E-state index in [4.69, 9.17) is 0 Å². The van der Waals surface area contributed by atoms with Crippen molar-refractivity contribution in [3.8, 4) is 0 Å². The molecule has 0 radical (unpaired) electrons. The Balaban J connectivity index is 2.16. The van der Waals surface area contributed by atoms with Crippen molar-refractivity contribution < 1.29 is 4.79 Å². The van der Waals surface area contributed by atoms with E-state index < -0.39 is 0 Å². The summed E-state index contributed by atoms with van der Waals surface area (Å²) in [5.74, 6) is -0.0552. The first-order chi connectivity index (χ1) is 7.69. The normalized spacial score (nSPS) is 10.4. The van der Waals surface area contributed by atoms with Gasteiger partial charge in [0.15, 0.2) is 5.13 Å². The van der Waals surface area contributed by atoms with Gasteiger partial charge in [-0.3, -0.25) is 4.79 Å². The van der Waals surface area contributed by atoms with E-state index in [0.717, 1.165) is 19.8 Å². The molecule has 6 heteroatoms.